The SMILES string of the molecule is Cc1nc(COCCC2CCCNC2)oc1C. The summed E-state index contributed by atoms with van der Waals surface area (Å²) in [5.74, 6) is 2.36. The molecule has 1 atom stereocenters. The summed E-state index contributed by atoms with van der Waals surface area (Å²) in [5.41, 5.74) is 0.958. The molecule has 0 saturated carbocycles. The van der Waals surface area contributed by atoms with Gasteiger partial charge in [0.25, 0.3) is 0 Å². The van der Waals surface area contributed by atoms with Gasteiger partial charge in [0, 0.05) is 6.61 Å². The lowest BCUT2D eigenvalue weighted by Gasteiger charge is -2.22. The van der Waals surface area contributed by atoms with Crippen LogP contribution in [0.25, 0.3) is 0 Å². The molecular weight excluding hydrogens is 216 g/mol. The van der Waals surface area contributed by atoms with Crippen LogP contribution < -0.4 is 5.32 Å². The van der Waals surface area contributed by atoms with E-state index in [1.165, 1.54) is 19.4 Å². The molecule has 1 unspecified atom stereocenters. The molecule has 1 fully saturated rings. The van der Waals surface area contributed by atoms with Crippen molar-refractivity contribution in [1.29, 1.82) is 0 Å². The molecule has 0 spiro atoms. The smallest absolute Gasteiger partial charge is 0.220 e. The highest BCUT2D eigenvalue weighted by Gasteiger charge is 2.12. The van der Waals surface area contributed by atoms with Crippen molar-refractivity contribution >= 4 is 0 Å². The van der Waals surface area contributed by atoms with Gasteiger partial charge in [-0.1, -0.05) is 0 Å². The molecule has 4 nitrogen and oxygen atoms in total. The van der Waals surface area contributed by atoms with Crippen molar-refractivity contribution in [2.45, 2.75) is 39.7 Å². The highest BCUT2D eigenvalue weighted by molar-refractivity contribution is 5.04. The minimum absolute atomic E-state index is 0.495. The standard InChI is InChI=1S/C13H22N2O2/c1-10-11(2)17-13(15-10)9-16-7-5-12-4-3-6-14-8-12/h12,14H,3-9H2,1-2H3. The van der Waals surface area contributed by atoms with Gasteiger partial charge in [-0.25, -0.2) is 4.98 Å². The van der Waals surface area contributed by atoms with E-state index >= 15 is 0 Å². The van der Waals surface area contributed by atoms with Crippen LogP contribution in [0, 0.1) is 19.8 Å². The number of rotatable bonds is 5. The normalized spacial score (nSPS) is 20.7. The first-order chi connectivity index (χ1) is 8.25. The van der Waals surface area contributed by atoms with Crippen LogP contribution in [0.2, 0.25) is 0 Å². The Morgan fingerprint density at radius 2 is 2.35 bits per heavy atom. The number of oxazole rings is 1. The molecule has 0 aliphatic carbocycles. The number of hydrogen-bond donors (Lipinski definition) is 1. The van der Waals surface area contributed by atoms with Gasteiger partial charge in [-0.2, -0.15) is 0 Å². The van der Waals surface area contributed by atoms with E-state index in [2.05, 4.69) is 10.3 Å². The molecule has 1 N–H and O–H groups in total. The number of ether oxygens (including phenoxy) is 1. The number of nitrogens with one attached hydrogen (secondary N) is 1. The van der Waals surface area contributed by atoms with Crippen LogP contribution in [-0.4, -0.2) is 24.7 Å². The molecule has 1 aliphatic rings. The quantitative estimate of drug-likeness (QED) is 0.799. The third-order valence-corrected chi connectivity index (χ3v) is 3.37. The van der Waals surface area contributed by atoms with Gasteiger partial charge in [0.1, 0.15) is 12.4 Å². The van der Waals surface area contributed by atoms with Crippen molar-refractivity contribution in [1.82, 2.24) is 10.3 Å². The zero-order chi connectivity index (χ0) is 12.1. The molecule has 1 aliphatic heterocycles. The molecule has 1 aromatic heterocycles. The number of piperidine rings is 1. The van der Waals surface area contributed by atoms with E-state index in [4.69, 9.17) is 9.15 Å². The predicted molar refractivity (Wildman–Crippen MR) is 65.8 cm³/mol. The summed E-state index contributed by atoms with van der Waals surface area (Å²) in [6.07, 6.45) is 3.75. The monoisotopic (exact) mass is 238 g/mol. The molecule has 96 valence electrons. The number of hydrogen-bond acceptors (Lipinski definition) is 4. The summed E-state index contributed by atoms with van der Waals surface area (Å²) in [6, 6.07) is 0. The Labute approximate surface area is 103 Å². The molecule has 1 saturated heterocycles. The van der Waals surface area contributed by atoms with Crippen molar-refractivity contribution in [2.24, 2.45) is 5.92 Å². The minimum Gasteiger partial charge on any atom is -0.443 e. The van der Waals surface area contributed by atoms with Gasteiger partial charge in [-0.15, -0.1) is 0 Å². The van der Waals surface area contributed by atoms with E-state index < -0.39 is 0 Å². The van der Waals surface area contributed by atoms with E-state index in [9.17, 15) is 0 Å². The average Bonchev–Trinajstić information content (AvgIpc) is 2.66. The van der Waals surface area contributed by atoms with Crippen LogP contribution in [0.1, 0.15) is 36.6 Å². The molecule has 0 amide bonds. The van der Waals surface area contributed by atoms with Gasteiger partial charge in [0.2, 0.25) is 5.89 Å². The summed E-state index contributed by atoms with van der Waals surface area (Å²) in [7, 11) is 0. The minimum atomic E-state index is 0.495. The second-order valence-electron chi connectivity index (χ2n) is 4.80. The van der Waals surface area contributed by atoms with Gasteiger partial charge < -0.3 is 14.5 Å². The lowest BCUT2D eigenvalue weighted by molar-refractivity contribution is 0.0873. The fourth-order valence-corrected chi connectivity index (χ4v) is 2.18. The van der Waals surface area contributed by atoms with Crippen molar-refractivity contribution in [2.75, 3.05) is 19.7 Å². The fourth-order valence-electron chi connectivity index (χ4n) is 2.18. The highest BCUT2D eigenvalue weighted by atomic mass is 16.5. The molecule has 4 heteroatoms. The van der Waals surface area contributed by atoms with Gasteiger partial charge in [0.05, 0.1) is 5.69 Å². The topological polar surface area (TPSA) is 47.3 Å². The van der Waals surface area contributed by atoms with Crippen molar-refractivity contribution in [3.63, 3.8) is 0 Å². The summed E-state index contributed by atoms with van der Waals surface area (Å²) in [5, 5.41) is 3.42. The average molecular weight is 238 g/mol. The van der Waals surface area contributed by atoms with E-state index in [0.717, 1.165) is 36.9 Å². The van der Waals surface area contributed by atoms with Crippen molar-refractivity contribution < 1.29 is 9.15 Å². The van der Waals surface area contributed by atoms with E-state index in [1.807, 2.05) is 13.8 Å². The van der Waals surface area contributed by atoms with Crippen LogP contribution in [-0.2, 0) is 11.3 Å². The maximum Gasteiger partial charge on any atom is 0.220 e. The Balaban J connectivity index is 1.62. The Hall–Kier alpha value is -0.870. The maximum atomic E-state index is 5.61. The first-order valence-electron chi connectivity index (χ1n) is 6.47. The largest absolute Gasteiger partial charge is 0.443 e. The Bertz CT molecular complexity index is 324. The molecular formula is C13H22N2O2. The number of nitrogens with zero attached hydrogens (tertiary/aromatic N) is 1. The van der Waals surface area contributed by atoms with Gasteiger partial charge in [0.15, 0.2) is 0 Å². The molecule has 0 radical (unpaired) electrons. The van der Waals surface area contributed by atoms with E-state index in [1.54, 1.807) is 0 Å². The summed E-state index contributed by atoms with van der Waals surface area (Å²) in [6.45, 7) is 7.49. The van der Waals surface area contributed by atoms with E-state index in [0.29, 0.717) is 12.5 Å². The Morgan fingerprint density at radius 1 is 1.47 bits per heavy atom. The van der Waals surface area contributed by atoms with Crippen LogP contribution >= 0.6 is 0 Å². The first-order valence-corrected chi connectivity index (χ1v) is 6.47. The van der Waals surface area contributed by atoms with Gasteiger partial charge >= 0.3 is 0 Å². The number of aryl methyl sites for hydroxylation is 2. The molecule has 2 heterocycles. The Morgan fingerprint density at radius 3 is 3.00 bits per heavy atom. The lowest BCUT2D eigenvalue weighted by Crippen LogP contribution is -2.30. The van der Waals surface area contributed by atoms with Crippen LogP contribution in [0.3, 0.4) is 0 Å². The van der Waals surface area contributed by atoms with E-state index in [-0.39, 0.29) is 0 Å². The third kappa shape index (κ3) is 3.82. The van der Waals surface area contributed by atoms with Gasteiger partial charge in [-0.3, -0.25) is 0 Å². The number of aromatic nitrogens is 1. The van der Waals surface area contributed by atoms with Crippen molar-refractivity contribution in [3.05, 3.63) is 17.3 Å². The zero-order valence-corrected chi connectivity index (χ0v) is 10.8. The molecule has 1 aromatic rings. The van der Waals surface area contributed by atoms with Crippen LogP contribution in [0.4, 0.5) is 0 Å². The second kappa shape index (κ2) is 6.17. The van der Waals surface area contributed by atoms with Gasteiger partial charge in [-0.05, 0) is 52.1 Å². The molecule has 0 aromatic carbocycles. The molecule has 17 heavy (non-hydrogen) atoms. The summed E-state index contributed by atoms with van der Waals surface area (Å²) < 4.78 is 11.1. The zero-order valence-electron chi connectivity index (χ0n) is 10.8. The summed E-state index contributed by atoms with van der Waals surface area (Å²) >= 11 is 0. The fraction of sp³-hybridized carbons (Fsp3) is 0.769. The third-order valence-electron chi connectivity index (χ3n) is 3.37. The second-order valence-corrected chi connectivity index (χ2v) is 4.80. The van der Waals surface area contributed by atoms with Crippen LogP contribution in [0.5, 0.6) is 0 Å². The molecule has 0 bridgehead atoms. The predicted octanol–water partition coefficient (Wildman–Crippen LogP) is 2.20. The van der Waals surface area contributed by atoms with Crippen LogP contribution in [0.15, 0.2) is 4.42 Å². The maximum absolute atomic E-state index is 5.61. The van der Waals surface area contributed by atoms with Crippen molar-refractivity contribution in [3.8, 4) is 0 Å². The Kier molecular flexibility index (Phi) is 4.57. The first kappa shape index (κ1) is 12.6. The highest BCUT2D eigenvalue weighted by Crippen LogP contribution is 2.14. The molecule has 2 rings (SSSR count). The lowest BCUT2D eigenvalue weighted by atomic mass is 9.97. The summed E-state index contributed by atoms with van der Waals surface area (Å²) in [4.78, 5) is 4.29.